The van der Waals surface area contributed by atoms with E-state index < -0.39 is 10.0 Å². The zero-order valence-corrected chi connectivity index (χ0v) is 20.7. The van der Waals surface area contributed by atoms with Gasteiger partial charge in [-0.3, -0.25) is 4.99 Å². The van der Waals surface area contributed by atoms with Crippen LogP contribution in [0.1, 0.15) is 25.7 Å². The predicted octanol–water partition coefficient (Wildman–Crippen LogP) is 0.653. The van der Waals surface area contributed by atoms with Crippen LogP contribution >= 0.6 is 24.0 Å². The van der Waals surface area contributed by atoms with Crippen molar-refractivity contribution in [3.63, 3.8) is 0 Å². The molecule has 0 aliphatic carbocycles. The van der Waals surface area contributed by atoms with Crippen LogP contribution in [0, 0.1) is 5.92 Å². The monoisotopic (exact) mass is 548 g/mol. The summed E-state index contributed by atoms with van der Waals surface area (Å²) >= 11 is 0. The molecule has 2 atom stereocenters. The Hall–Kier alpha value is -0.210. The van der Waals surface area contributed by atoms with Crippen molar-refractivity contribution in [2.45, 2.75) is 31.8 Å². The van der Waals surface area contributed by atoms with Crippen molar-refractivity contribution >= 4 is 40.0 Å². The first-order chi connectivity index (χ1) is 13.5. The van der Waals surface area contributed by atoms with E-state index in [0.29, 0.717) is 38.8 Å². The molecule has 0 amide bonds. The summed E-state index contributed by atoms with van der Waals surface area (Å²) in [4.78, 5) is 6.44. The van der Waals surface area contributed by atoms with E-state index in [-0.39, 0.29) is 35.8 Å². The second-order valence-electron chi connectivity index (χ2n) is 7.30. The number of guanidine groups is 1. The van der Waals surface area contributed by atoms with E-state index in [4.69, 9.17) is 14.2 Å². The van der Waals surface area contributed by atoms with Crippen LogP contribution in [0.25, 0.3) is 0 Å². The molecule has 9 nitrogen and oxygen atoms in total. The maximum Gasteiger partial charge on any atom is 0.213 e. The molecule has 2 aliphatic heterocycles. The van der Waals surface area contributed by atoms with Crippen LogP contribution in [0.2, 0.25) is 0 Å². The van der Waals surface area contributed by atoms with Gasteiger partial charge in [-0.25, -0.2) is 13.1 Å². The highest BCUT2D eigenvalue weighted by Gasteiger charge is 2.25. The molecule has 2 unspecified atom stereocenters. The Balaban J connectivity index is 0.00000420. The van der Waals surface area contributed by atoms with Gasteiger partial charge in [0.15, 0.2) is 5.96 Å². The maximum absolute atomic E-state index is 12.2. The minimum atomic E-state index is -3.33. The van der Waals surface area contributed by atoms with Gasteiger partial charge in [0, 0.05) is 52.9 Å². The molecule has 2 fully saturated rings. The molecular formula is C18H37IN4O5S. The Bertz CT molecular complexity index is 573. The van der Waals surface area contributed by atoms with Gasteiger partial charge in [-0.2, -0.15) is 0 Å². The van der Waals surface area contributed by atoms with E-state index in [1.165, 1.54) is 0 Å². The lowest BCUT2D eigenvalue weighted by atomic mass is 10.1. The maximum atomic E-state index is 12.2. The van der Waals surface area contributed by atoms with Crippen molar-refractivity contribution in [3.8, 4) is 0 Å². The molecule has 0 aromatic heterocycles. The Labute approximate surface area is 192 Å². The zero-order valence-electron chi connectivity index (χ0n) is 17.6. The molecule has 0 bridgehead atoms. The number of halogens is 1. The summed E-state index contributed by atoms with van der Waals surface area (Å²) < 4.78 is 43.2. The van der Waals surface area contributed by atoms with Crippen LogP contribution in [0.3, 0.4) is 0 Å². The van der Waals surface area contributed by atoms with Gasteiger partial charge in [0.2, 0.25) is 10.0 Å². The number of hydrogen-bond donors (Lipinski definition) is 2. The molecule has 2 heterocycles. The molecular weight excluding hydrogens is 511 g/mol. The van der Waals surface area contributed by atoms with Crippen LogP contribution in [-0.4, -0.2) is 97.9 Å². The van der Waals surface area contributed by atoms with E-state index in [1.54, 1.807) is 14.2 Å². The van der Waals surface area contributed by atoms with Crippen molar-refractivity contribution in [3.05, 3.63) is 0 Å². The fraction of sp³-hybridized carbons (Fsp3) is 0.944. The lowest BCUT2D eigenvalue weighted by molar-refractivity contribution is 0.0200. The van der Waals surface area contributed by atoms with Crippen molar-refractivity contribution in [2.75, 3.05) is 72.5 Å². The number of sulfonamides is 1. The molecule has 2 aliphatic rings. The van der Waals surface area contributed by atoms with Crippen molar-refractivity contribution in [2.24, 2.45) is 10.9 Å². The molecule has 29 heavy (non-hydrogen) atoms. The van der Waals surface area contributed by atoms with Crippen LogP contribution in [-0.2, 0) is 24.2 Å². The molecule has 0 spiro atoms. The normalized spacial score (nSPS) is 23.1. The van der Waals surface area contributed by atoms with E-state index in [0.717, 1.165) is 51.3 Å². The molecule has 2 N–H and O–H groups in total. The van der Waals surface area contributed by atoms with E-state index in [9.17, 15) is 8.42 Å². The van der Waals surface area contributed by atoms with Crippen LogP contribution in [0.15, 0.2) is 4.99 Å². The first-order valence-corrected chi connectivity index (χ1v) is 11.8. The Morgan fingerprint density at radius 1 is 1.28 bits per heavy atom. The number of likely N-dealkylation sites (tertiary alicyclic amines) is 1. The van der Waals surface area contributed by atoms with Gasteiger partial charge in [-0.15, -0.1) is 24.0 Å². The van der Waals surface area contributed by atoms with Crippen LogP contribution < -0.4 is 10.0 Å². The Morgan fingerprint density at radius 3 is 2.79 bits per heavy atom. The summed E-state index contributed by atoms with van der Waals surface area (Å²) in [6, 6.07) is 0. The molecule has 2 saturated heterocycles. The SMILES string of the molecule is CN=C(NCCS(=O)(=O)NCC1CCCCO1)N1CCC(COCCOC)C1.I. The summed E-state index contributed by atoms with van der Waals surface area (Å²) in [5.41, 5.74) is 0. The number of aliphatic imine (C=N–C) groups is 1. The highest BCUT2D eigenvalue weighted by molar-refractivity contribution is 14.0. The third-order valence-corrected chi connectivity index (χ3v) is 6.39. The molecule has 0 saturated carbocycles. The summed E-state index contributed by atoms with van der Waals surface area (Å²) in [6.07, 6.45) is 4.10. The van der Waals surface area contributed by atoms with Crippen molar-refractivity contribution in [1.82, 2.24) is 14.9 Å². The minimum absolute atomic E-state index is 0. The fourth-order valence-electron chi connectivity index (χ4n) is 3.44. The zero-order chi connectivity index (χ0) is 20.2. The average Bonchev–Trinajstić information content (AvgIpc) is 3.17. The third-order valence-electron chi connectivity index (χ3n) is 5.04. The number of ether oxygens (including phenoxy) is 3. The highest BCUT2D eigenvalue weighted by atomic mass is 127. The van der Waals surface area contributed by atoms with Gasteiger partial charge in [0.05, 0.1) is 31.7 Å². The molecule has 172 valence electrons. The average molecular weight is 548 g/mol. The van der Waals surface area contributed by atoms with Gasteiger partial charge >= 0.3 is 0 Å². The standard InChI is InChI=1S/C18H36N4O5S.HI/c1-19-18(22-8-6-16(14-22)15-26-11-10-25-2)20-7-12-28(23,24)21-13-17-5-3-4-9-27-17;/h16-17,21H,3-15H2,1-2H3,(H,19,20);1H. The highest BCUT2D eigenvalue weighted by Crippen LogP contribution is 2.16. The lowest BCUT2D eigenvalue weighted by Gasteiger charge is -2.23. The quantitative estimate of drug-likeness (QED) is 0.169. The number of rotatable bonds is 11. The molecule has 11 heteroatoms. The van der Waals surface area contributed by atoms with Crippen molar-refractivity contribution in [1.29, 1.82) is 0 Å². The Morgan fingerprint density at radius 2 is 2.10 bits per heavy atom. The molecule has 0 aromatic rings. The second kappa shape index (κ2) is 14.7. The number of methoxy groups -OCH3 is 1. The first-order valence-electron chi connectivity index (χ1n) is 10.2. The van der Waals surface area contributed by atoms with E-state index >= 15 is 0 Å². The van der Waals surface area contributed by atoms with E-state index in [1.807, 2.05) is 0 Å². The van der Waals surface area contributed by atoms with Crippen LogP contribution in [0.4, 0.5) is 0 Å². The third kappa shape index (κ3) is 10.6. The summed E-state index contributed by atoms with van der Waals surface area (Å²) in [5, 5.41) is 3.17. The van der Waals surface area contributed by atoms with E-state index in [2.05, 4.69) is 19.9 Å². The molecule has 2 rings (SSSR count). The van der Waals surface area contributed by atoms with Gasteiger partial charge in [0.1, 0.15) is 0 Å². The smallest absolute Gasteiger partial charge is 0.213 e. The van der Waals surface area contributed by atoms with Gasteiger partial charge in [-0.05, 0) is 25.7 Å². The summed E-state index contributed by atoms with van der Waals surface area (Å²) in [5.74, 6) is 1.21. The van der Waals surface area contributed by atoms with Gasteiger partial charge in [0.25, 0.3) is 0 Å². The second-order valence-corrected chi connectivity index (χ2v) is 9.22. The molecule has 0 aromatic carbocycles. The molecule has 0 radical (unpaired) electrons. The first kappa shape index (κ1) is 26.8. The lowest BCUT2D eigenvalue weighted by Crippen LogP contribution is -2.44. The predicted molar refractivity (Wildman–Crippen MR) is 125 cm³/mol. The Kier molecular flexibility index (Phi) is 13.6. The number of nitrogens with one attached hydrogen (secondary N) is 2. The van der Waals surface area contributed by atoms with Gasteiger partial charge < -0.3 is 24.4 Å². The van der Waals surface area contributed by atoms with Crippen molar-refractivity contribution < 1.29 is 22.6 Å². The number of hydrogen-bond acceptors (Lipinski definition) is 6. The van der Waals surface area contributed by atoms with Gasteiger partial charge in [-0.1, -0.05) is 0 Å². The summed E-state index contributed by atoms with van der Waals surface area (Å²) in [6.45, 7) is 5.06. The topological polar surface area (TPSA) is 101 Å². The minimum Gasteiger partial charge on any atom is -0.382 e. The van der Waals surface area contributed by atoms with Crippen LogP contribution in [0.5, 0.6) is 0 Å². The number of nitrogens with zero attached hydrogens (tertiary/aromatic N) is 2. The fourth-order valence-corrected chi connectivity index (χ4v) is 4.40. The largest absolute Gasteiger partial charge is 0.382 e. The summed E-state index contributed by atoms with van der Waals surface area (Å²) in [7, 11) is 0.0482.